The van der Waals surface area contributed by atoms with Crippen molar-refractivity contribution in [1.82, 2.24) is 10.2 Å². The number of unbranched alkanes of at least 4 members (excludes halogenated alkanes) is 1. The first-order chi connectivity index (χ1) is 8.27. The molecule has 1 aliphatic carbocycles. The van der Waals surface area contributed by atoms with E-state index in [1.807, 2.05) is 0 Å². The van der Waals surface area contributed by atoms with Crippen molar-refractivity contribution in [3.63, 3.8) is 0 Å². The van der Waals surface area contributed by atoms with Crippen LogP contribution in [0.5, 0.6) is 0 Å². The van der Waals surface area contributed by atoms with Crippen LogP contribution in [0.15, 0.2) is 0 Å². The Kier molecular flexibility index (Phi) is 4.83. The molecular formula is C14H28N2O. The summed E-state index contributed by atoms with van der Waals surface area (Å²) in [7, 11) is 0. The second-order valence-electron chi connectivity index (χ2n) is 5.76. The molecule has 100 valence electrons. The number of nitrogens with zero attached hydrogens (tertiary/aromatic N) is 1. The minimum atomic E-state index is 0.395. The Morgan fingerprint density at radius 1 is 1.35 bits per heavy atom. The van der Waals surface area contributed by atoms with E-state index in [0.717, 1.165) is 38.8 Å². The lowest BCUT2D eigenvalue weighted by Crippen LogP contribution is -2.61. The van der Waals surface area contributed by atoms with Gasteiger partial charge in [0.15, 0.2) is 0 Å². The number of nitrogens with one attached hydrogen (secondary N) is 1. The summed E-state index contributed by atoms with van der Waals surface area (Å²) < 4.78 is 5.71. The van der Waals surface area contributed by atoms with Gasteiger partial charge in [0.05, 0.1) is 6.61 Å². The van der Waals surface area contributed by atoms with Crippen LogP contribution >= 0.6 is 0 Å². The summed E-state index contributed by atoms with van der Waals surface area (Å²) in [6, 6.07) is 0. The van der Waals surface area contributed by atoms with E-state index >= 15 is 0 Å². The molecule has 2 rings (SSSR count). The molecule has 1 N–H and O–H groups in total. The largest absolute Gasteiger partial charge is 0.380 e. The average molecular weight is 240 g/mol. The molecule has 3 heteroatoms. The van der Waals surface area contributed by atoms with E-state index in [0.29, 0.717) is 5.54 Å². The number of piperazine rings is 1. The zero-order chi connectivity index (χ0) is 12.1. The summed E-state index contributed by atoms with van der Waals surface area (Å²) in [4.78, 5) is 2.66. The minimum Gasteiger partial charge on any atom is -0.380 e. The molecule has 1 atom stereocenters. The van der Waals surface area contributed by atoms with Crippen molar-refractivity contribution >= 4 is 0 Å². The van der Waals surface area contributed by atoms with E-state index in [1.165, 1.54) is 32.2 Å². The third kappa shape index (κ3) is 3.43. The predicted molar refractivity (Wildman–Crippen MR) is 71.3 cm³/mol. The Morgan fingerprint density at radius 2 is 2.18 bits per heavy atom. The fourth-order valence-corrected chi connectivity index (χ4v) is 2.92. The van der Waals surface area contributed by atoms with Crippen molar-refractivity contribution in [3.05, 3.63) is 0 Å². The van der Waals surface area contributed by atoms with E-state index in [1.54, 1.807) is 0 Å². The second kappa shape index (κ2) is 6.17. The first-order valence-corrected chi connectivity index (χ1v) is 7.31. The van der Waals surface area contributed by atoms with Crippen LogP contribution < -0.4 is 5.32 Å². The molecule has 2 aliphatic rings. The van der Waals surface area contributed by atoms with Crippen LogP contribution in [0, 0.1) is 5.92 Å². The topological polar surface area (TPSA) is 24.5 Å². The van der Waals surface area contributed by atoms with Crippen molar-refractivity contribution < 1.29 is 4.74 Å². The van der Waals surface area contributed by atoms with Crippen molar-refractivity contribution in [2.75, 3.05) is 39.4 Å². The summed E-state index contributed by atoms with van der Waals surface area (Å²) in [5, 5.41) is 3.55. The Hall–Kier alpha value is -0.120. The second-order valence-corrected chi connectivity index (χ2v) is 5.76. The quantitative estimate of drug-likeness (QED) is 0.688. The lowest BCUT2D eigenvalue weighted by molar-refractivity contribution is 0.0212. The monoisotopic (exact) mass is 240 g/mol. The van der Waals surface area contributed by atoms with E-state index in [9.17, 15) is 0 Å². The van der Waals surface area contributed by atoms with E-state index in [-0.39, 0.29) is 0 Å². The lowest BCUT2D eigenvalue weighted by Gasteiger charge is -2.45. The normalized spacial score (nSPS) is 30.7. The molecule has 0 aromatic carbocycles. The molecule has 0 amide bonds. The minimum absolute atomic E-state index is 0.395. The van der Waals surface area contributed by atoms with Gasteiger partial charge in [-0.15, -0.1) is 0 Å². The third-order valence-corrected chi connectivity index (χ3v) is 4.37. The van der Waals surface area contributed by atoms with E-state index < -0.39 is 0 Å². The highest BCUT2D eigenvalue weighted by atomic mass is 16.5. The molecule has 2 fully saturated rings. The van der Waals surface area contributed by atoms with Gasteiger partial charge in [-0.05, 0) is 32.1 Å². The molecule has 17 heavy (non-hydrogen) atoms. The Labute approximate surface area is 106 Å². The van der Waals surface area contributed by atoms with Gasteiger partial charge in [-0.25, -0.2) is 0 Å². The molecule has 1 heterocycles. The van der Waals surface area contributed by atoms with Gasteiger partial charge in [0, 0.05) is 38.3 Å². The van der Waals surface area contributed by atoms with Gasteiger partial charge < -0.3 is 10.1 Å². The zero-order valence-electron chi connectivity index (χ0n) is 11.5. The van der Waals surface area contributed by atoms with Crippen LogP contribution in [0.2, 0.25) is 0 Å². The van der Waals surface area contributed by atoms with Gasteiger partial charge in [-0.1, -0.05) is 13.3 Å². The first-order valence-electron chi connectivity index (χ1n) is 7.31. The zero-order valence-corrected chi connectivity index (χ0v) is 11.5. The van der Waals surface area contributed by atoms with Crippen LogP contribution in [0.4, 0.5) is 0 Å². The molecule has 0 bridgehead atoms. The van der Waals surface area contributed by atoms with Crippen molar-refractivity contribution in [1.29, 1.82) is 0 Å². The van der Waals surface area contributed by atoms with E-state index in [2.05, 4.69) is 24.1 Å². The molecular weight excluding hydrogens is 212 g/mol. The predicted octanol–water partition coefficient (Wildman–Crippen LogP) is 1.88. The van der Waals surface area contributed by atoms with Crippen molar-refractivity contribution in [2.24, 2.45) is 5.92 Å². The molecule has 1 unspecified atom stereocenters. The van der Waals surface area contributed by atoms with Gasteiger partial charge in [0.2, 0.25) is 0 Å². The summed E-state index contributed by atoms with van der Waals surface area (Å²) >= 11 is 0. The van der Waals surface area contributed by atoms with Crippen molar-refractivity contribution in [3.8, 4) is 0 Å². The molecule has 1 saturated carbocycles. The molecule has 1 aliphatic heterocycles. The van der Waals surface area contributed by atoms with Crippen LogP contribution in [0.1, 0.15) is 39.5 Å². The van der Waals surface area contributed by atoms with Crippen molar-refractivity contribution in [2.45, 2.75) is 45.1 Å². The molecule has 0 spiro atoms. The number of rotatable bonds is 7. The average Bonchev–Trinajstić information content (AvgIpc) is 3.15. The molecule has 3 nitrogen and oxygen atoms in total. The molecule has 0 radical (unpaired) electrons. The SMILES string of the molecule is CCCCOCCN1CCNCC1(C)C1CC1. The summed E-state index contributed by atoms with van der Waals surface area (Å²) in [5.41, 5.74) is 0.395. The van der Waals surface area contributed by atoms with Crippen LogP contribution in [-0.4, -0.2) is 49.8 Å². The highest BCUT2D eigenvalue weighted by Crippen LogP contribution is 2.43. The Balaban J connectivity index is 1.73. The molecule has 0 aromatic heterocycles. The number of hydrogen-bond donors (Lipinski definition) is 1. The van der Waals surface area contributed by atoms with Gasteiger partial charge in [-0.3, -0.25) is 4.90 Å². The van der Waals surface area contributed by atoms with Gasteiger partial charge >= 0.3 is 0 Å². The highest BCUT2D eigenvalue weighted by Gasteiger charge is 2.46. The van der Waals surface area contributed by atoms with Crippen LogP contribution in [-0.2, 0) is 4.74 Å². The Bertz CT molecular complexity index is 230. The van der Waals surface area contributed by atoms with Gasteiger partial charge in [0.1, 0.15) is 0 Å². The van der Waals surface area contributed by atoms with Crippen LogP contribution in [0.25, 0.3) is 0 Å². The van der Waals surface area contributed by atoms with Gasteiger partial charge in [-0.2, -0.15) is 0 Å². The lowest BCUT2D eigenvalue weighted by atomic mass is 9.91. The summed E-state index contributed by atoms with van der Waals surface area (Å²) in [5.74, 6) is 0.922. The fraction of sp³-hybridized carbons (Fsp3) is 1.00. The summed E-state index contributed by atoms with van der Waals surface area (Å²) in [6.45, 7) is 11.1. The fourth-order valence-electron chi connectivity index (χ4n) is 2.92. The maximum atomic E-state index is 5.71. The summed E-state index contributed by atoms with van der Waals surface area (Å²) in [6.07, 6.45) is 5.27. The number of ether oxygens (including phenoxy) is 1. The smallest absolute Gasteiger partial charge is 0.0593 e. The standard InChI is InChI=1S/C14H28N2O/c1-3-4-10-17-11-9-16-8-7-15-12-14(16,2)13-5-6-13/h13,15H,3-12H2,1-2H3. The van der Waals surface area contributed by atoms with Crippen LogP contribution in [0.3, 0.4) is 0 Å². The highest BCUT2D eigenvalue weighted by molar-refractivity contribution is 5.02. The Morgan fingerprint density at radius 3 is 2.88 bits per heavy atom. The maximum Gasteiger partial charge on any atom is 0.0593 e. The molecule has 1 saturated heterocycles. The van der Waals surface area contributed by atoms with Gasteiger partial charge in [0.25, 0.3) is 0 Å². The number of hydrogen-bond acceptors (Lipinski definition) is 3. The van der Waals surface area contributed by atoms with E-state index in [4.69, 9.17) is 4.74 Å². The maximum absolute atomic E-state index is 5.71. The molecule has 0 aromatic rings. The first kappa shape index (κ1) is 13.3. The third-order valence-electron chi connectivity index (χ3n) is 4.37.